The zero-order valence-electron chi connectivity index (χ0n) is 8.52. The minimum Gasteiger partial charge on any atom is -0.465 e. The Bertz CT molecular complexity index is 315. The fraction of sp³-hybridized carbons (Fsp3) is 0.600. The molecule has 0 unspecified atom stereocenters. The van der Waals surface area contributed by atoms with E-state index in [1.165, 1.54) is 10.5 Å². The fourth-order valence-electron chi connectivity index (χ4n) is 2.05. The Labute approximate surface area is 88.1 Å². The number of carboxylic acid groups (broad SMARTS) is 1. The molecule has 1 aromatic rings. The summed E-state index contributed by atoms with van der Waals surface area (Å²) in [4.78, 5) is 12.2. The van der Waals surface area contributed by atoms with Crippen LogP contribution in [0, 0.1) is 5.92 Å². The van der Waals surface area contributed by atoms with Crippen LogP contribution >= 0.6 is 0 Å². The van der Waals surface area contributed by atoms with E-state index in [-0.39, 0.29) is 0 Å². The van der Waals surface area contributed by atoms with Crippen molar-refractivity contribution in [3.8, 4) is 0 Å². The Morgan fingerprint density at radius 1 is 1.60 bits per heavy atom. The van der Waals surface area contributed by atoms with Crippen LogP contribution in [0.25, 0.3) is 0 Å². The highest BCUT2D eigenvalue weighted by atomic mass is 16.4. The topological polar surface area (TPSA) is 69.2 Å². The van der Waals surface area contributed by atoms with Crippen molar-refractivity contribution in [2.45, 2.75) is 19.3 Å². The number of carbonyl (C=O) groups is 1. The van der Waals surface area contributed by atoms with Gasteiger partial charge in [-0.3, -0.25) is 5.10 Å². The van der Waals surface area contributed by atoms with Crippen molar-refractivity contribution in [1.29, 1.82) is 0 Å². The molecule has 0 spiro atoms. The second kappa shape index (κ2) is 4.33. The van der Waals surface area contributed by atoms with Gasteiger partial charge in [-0.2, -0.15) is 5.10 Å². The predicted octanol–water partition coefficient (Wildman–Crippen LogP) is 1.34. The van der Waals surface area contributed by atoms with Crippen molar-refractivity contribution >= 4 is 6.09 Å². The molecular formula is C10H15N3O2. The van der Waals surface area contributed by atoms with Gasteiger partial charge in [0, 0.05) is 19.3 Å². The molecule has 0 atom stereocenters. The van der Waals surface area contributed by atoms with Gasteiger partial charge >= 0.3 is 6.09 Å². The molecule has 2 heterocycles. The molecule has 5 heteroatoms. The highest BCUT2D eigenvalue weighted by molar-refractivity contribution is 5.64. The van der Waals surface area contributed by atoms with Crippen molar-refractivity contribution in [3.63, 3.8) is 0 Å². The van der Waals surface area contributed by atoms with E-state index in [9.17, 15) is 4.79 Å². The molecule has 1 aliphatic rings. The Hall–Kier alpha value is -1.52. The summed E-state index contributed by atoms with van der Waals surface area (Å²) in [6.45, 7) is 1.33. The zero-order valence-corrected chi connectivity index (χ0v) is 8.52. The normalized spacial score (nSPS) is 18.0. The highest BCUT2D eigenvalue weighted by Gasteiger charge is 2.22. The Morgan fingerprint density at radius 3 is 2.87 bits per heavy atom. The maximum Gasteiger partial charge on any atom is 0.407 e. The third-order valence-electron chi connectivity index (χ3n) is 2.96. The van der Waals surface area contributed by atoms with Gasteiger partial charge in [-0.15, -0.1) is 0 Å². The van der Waals surface area contributed by atoms with Crippen LogP contribution in [0.15, 0.2) is 12.4 Å². The second-order valence-corrected chi connectivity index (χ2v) is 4.02. The van der Waals surface area contributed by atoms with Crippen LogP contribution in [0.3, 0.4) is 0 Å². The largest absolute Gasteiger partial charge is 0.465 e. The molecule has 2 rings (SSSR count). The Balaban J connectivity index is 1.81. The summed E-state index contributed by atoms with van der Waals surface area (Å²) in [5, 5.41) is 15.5. The summed E-state index contributed by atoms with van der Waals surface area (Å²) in [5.74, 6) is 0.596. The number of aromatic amines is 1. The quantitative estimate of drug-likeness (QED) is 0.772. The van der Waals surface area contributed by atoms with Gasteiger partial charge in [0.2, 0.25) is 0 Å². The smallest absolute Gasteiger partial charge is 0.407 e. The molecule has 1 aromatic heterocycles. The van der Waals surface area contributed by atoms with Gasteiger partial charge < -0.3 is 10.0 Å². The summed E-state index contributed by atoms with van der Waals surface area (Å²) in [5.41, 5.74) is 1.21. The number of rotatable bonds is 2. The van der Waals surface area contributed by atoms with E-state index >= 15 is 0 Å². The molecular weight excluding hydrogens is 194 g/mol. The first-order chi connectivity index (χ1) is 7.25. The van der Waals surface area contributed by atoms with Crippen molar-refractivity contribution in [3.05, 3.63) is 18.0 Å². The number of amides is 1. The standard InChI is InChI=1S/C10H15N3O2/c14-10(15)13-3-1-8(2-4-13)5-9-6-11-12-7-9/h6-8H,1-5H2,(H,11,12)(H,14,15). The zero-order chi connectivity index (χ0) is 10.7. The number of aromatic nitrogens is 2. The third kappa shape index (κ3) is 2.49. The van der Waals surface area contributed by atoms with Crippen molar-refractivity contribution in [2.75, 3.05) is 13.1 Å². The number of piperidine rings is 1. The lowest BCUT2D eigenvalue weighted by Gasteiger charge is -2.29. The van der Waals surface area contributed by atoms with E-state index in [0.29, 0.717) is 19.0 Å². The number of nitrogens with zero attached hydrogens (tertiary/aromatic N) is 2. The summed E-state index contributed by atoms with van der Waals surface area (Å²) < 4.78 is 0. The van der Waals surface area contributed by atoms with Gasteiger partial charge in [0.15, 0.2) is 0 Å². The van der Waals surface area contributed by atoms with Gasteiger partial charge in [0.1, 0.15) is 0 Å². The maximum atomic E-state index is 10.7. The molecule has 0 aromatic carbocycles. The van der Waals surface area contributed by atoms with Crippen molar-refractivity contribution in [2.24, 2.45) is 5.92 Å². The molecule has 1 fully saturated rings. The molecule has 1 amide bonds. The first-order valence-electron chi connectivity index (χ1n) is 5.21. The van der Waals surface area contributed by atoms with Crippen molar-refractivity contribution in [1.82, 2.24) is 15.1 Å². The summed E-state index contributed by atoms with van der Waals surface area (Å²) in [7, 11) is 0. The number of nitrogens with one attached hydrogen (secondary N) is 1. The Kier molecular flexibility index (Phi) is 2.89. The fourth-order valence-corrected chi connectivity index (χ4v) is 2.05. The summed E-state index contributed by atoms with van der Waals surface area (Å²) in [6, 6.07) is 0. The average Bonchev–Trinajstić information content (AvgIpc) is 2.71. The number of likely N-dealkylation sites (tertiary alicyclic amines) is 1. The van der Waals surface area contributed by atoms with E-state index in [4.69, 9.17) is 5.11 Å². The van der Waals surface area contributed by atoms with Gasteiger partial charge in [-0.1, -0.05) is 0 Å². The van der Waals surface area contributed by atoms with Gasteiger partial charge in [0.05, 0.1) is 6.20 Å². The molecule has 1 aliphatic heterocycles. The van der Waals surface area contributed by atoms with Crippen LogP contribution in [0.4, 0.5) is 4.79 Å². The SMILES string of the molecule is O=C(O)N1CCC(Cc2cn[nH]c2)CC1. The van der Waals surface area contributed by atoms with E-state index in [0.717, 1.165) is 19.3 Å². The first-order valence-corrected chi connectivity index (χ1v) is 5.21. The average molecular weight is 209 g/mol. The minimum absolute atomic E-state index is 0.596. The molecule has 15 heavy (non-hydrogen) atoms. The van der Waals surface area contributed by atoms with E-state index in [1.54, 1.807) is 0 Å². The number of hydrogen-bond acceptors (Lipinski definition) is 2. The molecule has 0 radical (unpaired) electrons. The van der Waals surface area contributed by atoms with Crippen LogP contribution in [0.5, 0.6) is 0 Å². The minimum atomic E-state index is -0.795. The van der Waals surface area contributed by atoms with Crippen LogP contribution < -0.4 is 0 Å². The lowest BCUT2D eigenvalue weighted by atomic mass is 9.91. The van der Waals surface area contributed by atoms with Crippen LogP contribution in [0.1, 0.15) is 18.4 Å². The van der Waals surface area contributed by atoms with Crippen LogP contribution in [0.2, 0.25) is 0 Å². The first kappa shape index (κ1) is 10.0. The maximum absolute atomic E-state index is 10.7. The third-order valence-corrected chi connectivity index (χ3v) is 2.96. The number of H-pyrrole nitrogens is 1. The number of hydrogen-bond donors (Lipinski definition) is 2. The van der Waals surface area contributed by atoms with Gasteiger partial charge in [0.25, 0.3) is 0 Å². The Morgan fingerprint density at radius 2 is 2.33 bits per heavy atom. The van der Waals surface area contributed by atoms with Crippen LogP contribution in [-0.4, -0.2) is 39.4 Å². The second-order valence-electron chi connectivity index (χ2n) is 4.02. The lowest BCUT2D eigenvalue weighted by molar-refractivity contribution is 0.124. The predicted molar refractivity (Wildman–Crippen MR) is 54.6 cm³/mol. The molecule has 5 nitrogen and oxygen atoms in total. The molecule has 0 saturated carbocycles. The molecule has 1 saturated heterocycles. The van der Waals surface area contributed by atoms with Crippen LogP contribution in [-0.2, 0) is 6.42 Å². The van der Waals surface area contributed by atoms with Gasteiger partial charge in [-0.05, 0) is 30.7 Å². The van der Waals surface area contributed by atoms with Crippen molar-refractivity contribution < 1.29 is 9.90 Å². The monoisotopic (exact) mass is 209 g/mol. The summed E-state index contributed by atoms with van der Waals surface area (Å²) >= 11 is 0. The van der Waals surface area contributed by atoms with E-state index in [2.05, 4.69) is 10.2 Å². The van der Waals surface area contributed by atoms with Gasteiger partial charge in [-0.25, -0.2) is 4.79 Å². The molecule has 82 valence electrons. The summed E-state index contributed by atoms with van der Waals surface area (Å²) in [6.07, 6.45) is 5.86. The van der Waals surface area contributed by atoms with E-state index in [1.807, 2.05) is 12.4 Å². The molecule has 0 bridgehead atoms. The lowest BCUT2D eigenvalue weighted by Crippen LogP contribution is -2.37. The molecule has 0 aliphatic carbocycles. The van der Waals surface area contributed by atoms with E-state index < -0.39 is 6.09 Å². The highest BCUT2D eigenvalue weighted by Crippen LogP contribution is 2.20. The molecule has 2 N–H and O–H groups in total.